The molecule has 0 atom stereocenters. The molecule has 2 rings (SSSR count). The second-order valence-corrected chi connectivity index (χ2v) is 4.57. The molecule has 0 aromatic heterocycles. The minimum Gasteiger partial charge on any atom is -0.397 e. The molecule has 0 radical (unpaired) electrons. The maximum absolute atomic E-state index is 9.26. The third kappa shape index (κ3) is 2.25. The molecule has 4 heteroatoms. The van der Waals surface area contributed by atoms with E-state index in [4.69, 9.17) is 22.6 Å². The highest BCUT2D eigenvalue weighted by Gasteiger charge is 2.14. The van der Waals surface area contributed by atoms with Crippen molar-refractivity contribution in [2.45, 2.75) is 6.92 Å². The number of nitrogen functional groups attached to an aromatic ring is 1. The van der Waals surface area contributed by atoms with Crippen LogP contribution in [0.1, 0.15) is 16.7 Å². The number of rotatable bonds is 1. The van der Waals surface area contributed by atoms with Gasteiger partial charge in [0.2, 0.25) is 0 Å². The Balaban J connectivity index is 2.75. The summed E-state index contributed by atoms with van der Waals surface area (Å²) in [4.78, 5) is 0. The standard InChI is InChI=1S/C15H10ClN3/c1-9-6-12(10-2-4-11(16)5-3-10)14(8-18)15(19)13(9)7-17/h2-6H,19H2,1H3. The van der Waals surface area contributed by atoms with Crippen molar-refractivity contribution in [2.75, 3.05) is 5.73 Å². The topological polar surface area (TPSA) is 73.6 Å². The first-order valence-electron chi connectivity index (χ1n) is 5.57. The highest BCUT2D eigenvalue weighted by Crippen LogP contribution is 2.32. The van der Waals surface area contributed by atoms with Crippen molar-refractivity contribution >= 4 is 17.3 Å². The monoisotopic (exact) mass is 267 g/mol. The Morgan fingerprint density at radius 2 is 1.63 bits per heavy atom. The fourth-order valence-electron chi connectivity index (χ4n) is 1.97. The van der Waals surface area contributed by atoms with Crippen LogP contribution in [0, 0.1) is 29.6 Å². The van der Waals surface area contributed by atoms with E-state index in [9.17, 15) is 5.26 Å². The van der Waals surface area contributed by atoms with Crippen LogP contribution in [0.25, 0.3) is 11.1 Å². The first-order chi connectivity index (χ1) is 9.08. The third-order valence-electron chi connectivity index (χ3n) is 2.94. The van der Waals surface area contributed by atoms with Crippen LogP contribution in [0.4, 0.5) is 5.69 Å². The van der Waals surface area contributed by atoms with E-state index in [-0.39, 0.29) is 5.69 Å². The number of anilines is 1. The number of benzene rings is 2. The predicted molar refractivity (Wildman–Crippen MR) is 75.5 cm³/mol. The minimum absolute atomic E-state index is 0.231. The molecule has 0 bridgehead atoms. The zero-order valence-corrected chi connectivity index (χ0v) is 11.0. The number of nitrogens with two attached hydrogens (primary N) is 1. The van der Waals surface area contributed by atoms with Gasteiger partial charge in [-0.05, 0) is 36.2 Å². The van der Waals surface area contributed by atoms with Gasteiger partial charge in [-0.3, -0.25) is 0 Å². The fourth-order valence-corrected chi connectivity index (χ4v) is 2.10. The van der Waals surface area contributed by atoms with E-state index in [1.54, 1.807) is 25.1 Å². The van der Waals surface area contributed by atoms with E-state index < -0.39 is 0 Å². The Morgan fingerprint density at radius 3 is 2.16 bits per heavy atom. The van der Waals surface area contributed by atoms with Gasteiger partial charge in [-0.2, -0.15) is 10.5 Å². The maximum atomic E-state index is 9.26. The maximum Gasteiger partial charge on any atom is 0.102 e. The van der Waals surface area contributed by atoms with E-state index >= 15 is 0 Å². The van der Waals surface area contributed by atoms with Crippen molar-refractivity contribution in [2.24, 2.45) is 0 Å². The van der Waals surface area contributed by atoms with Crippen molar-refractivity contribution in [3.05, 3.63) is 52.0 Å². The van der Waals surface area contributed by atoms with Gasteiger partial charge in [0.1, 0.15) is 12.1 Å². The van der Waals surface area contributed by atoms with Gasteiger partial charge in [-0.25, -0.2) is 0 Å². The van der Waals surface area contributed by atoms with E-state index in [1.807, 2.05) is 18.2 Å². The lowest BCUT2D eigenvalue weighted by Gasteiger charge is -2.11. The van der Waals surface area contributed by atoms with Gasteiger partial charge < -0.3 is 5.73 Å². The molecule has 0 saturated carbocycles. The Hall–Kier alpha value is -2.49. The van der Waals surface area contributed by atoms with Crippen molar-refractivity contribution < 1.29 is 0 Å². The van der Waals surface area contributed by atoms with Gasteiger partial charge in [-0.1, -0.05) is 23.7 Å². The quantitative estimate of drug-likeness (QED) is 0.802. The van der Waals surface area contributed by atoms with Crippen molar-refractivity contribution in [1.29, 1.82) is 10.5 Å². The predicted octanol–water partition coefficient (Wildman–Crippen LogP) is 3.64. The Labute approximate surface area is 116 Å². The lowest BCUT2D eigenvalue weighted by atomic mass is 9.93. The number of nitrogens with zero attached hydrogens (tertiary/aromatic N) is 2. The van der Waals surface area contributed by atoms with Crippen LogP contribution in [-0.4, -0.2) is 0 Å². The first-order valence-corrected chi connectivity index (χ1v) is 5.95. The summed E-state index contributed by atoms with van der Waals surface area (Å²) in [6.07, 6.45) is 0. The summed E-state index contributed by atoms with van der Waals surface area (Å²) in [6, 6.07) is 13.1. The highest BCUT2D eigenvalue weighted by atomic mass is 35.5. The van der Waals surface area contributed by atoms with Crippen LogP contribution in [0.2, 0.25) is 5.02 Å². The molecule has 2 aromatic carbocycles. The van der Waals surface area contributed by atoms with Crippen molar-refractivity contribution in [3.8, 4) is 23.3 Å². The van der Waals surface area contributed by atoms with E-state index in [2.05, 4.69) is 6.07 Å². The molecular weight excluding hydrogens is 258 g/mol. The minimum atomic E-state index is 0.231. The zero-order valence-electron chi connectivity index (χ0n) is 10.2. The highest BCUT2D eigenvalue weighted by molar-refractivity contribution is 6.30. The second kappa shape index (κ2) is 5.02. The molecule has 0 saturated heterocycles. The van der Waals surface area contributed by atoms with Gasteiger partial charge in [-0.15, -0.1) is 0 Å². The summed E-state index contributed by atoms with van der Waals surface area (Å²) in [6.45, 7) is 1.80. The molecule has 0 heterocycles. The fraction of sp³-hybridized carbons (Fsp3) is 0.0667. The molecule has 0 aliphatic carbocycles. The Kier molecular flexibility index (Phi) is 3.42. The summed E-state index contributed by atoms with van der Waals surface area (Å²) < 4.78 is 0. The number of nitriles is 2. The molecule has 92 valence electrons. The molecule has 0 fully saturated rings. The molecule has 0 amide bonds. The number of halogens is 1. The average Bonchev–Trinajstić information content (AvgIpc) is 2.39. The van der Waals surface area contributed by atoms with Crippen LogP contribution >= 0.6 is 11.6 Å². The summed E-state index contributed by atoms with van der Waals surface area (Å²) in [5.74, 6) is 0. The van der Waals surface area contributed by atoms with E-state index in [1.165, 1.54) is 0 Å². The number of aryl methyl sites for hydroxylation is 1. The smallest absolute Gasteiger partial charge is 0.102 e. The van der Waals surface area contributed by atoms with E-state index in [0.29, 0.717) is 21.7 Å². The van der Waals surface area contributed by atoms with Gasteiger partial charge in [0.15, 0.2) is 0 Å². The number of hydrogen-bond donors (Lipinski definition) is 1. The second-order valence-electron chi connectivity index (χ2n) is 4.14. The molecule has 0 unspecified atom stereocenters. The summed E-state index contributed by atoms with van der Waals surface area (Å²) in [7, 11) is 0. The lowest BCUT2D eigenvalue weighted by molar-refractivity contribution is 1.37. The molecule has 19 heavy (non-hydrogen) atoms. The van der Waals surface area contributed by atoms with E-state index in [0.717, 1.165) is 11.1 Å². The van der Waals surface area contributed by atoms with Crippen LogP contribution in [0.5, 0.6) is 0 Å². The van der Waals surface area contributed by atoms with Crippen LogP contribution < -0.4 is 5.73 Å². The number of hydrogen-bond acceptors (Lipinski definition) is 3. The average molecular weight is 268 g/mol. The van der Waals surface area contributed by atoms with Gasteiger partial charge in [0.05, 0.1) is 16.8 Å². The zero-order chi connectivity index (χ0) is 14.0. The summed E-state index contributed by atoms with van der Waals surface area (Å²) >= 11 is 5.85. The molecule has 0 spiro atoms. The largest absolute Gasteiger partial charge is 0.397 e. The van der Waals surface area contributed by atoms with Crippen LogP contribution in [0.3, 0.4) is 0 Å². The SMILES string of the molecule is Cc1cc(-c2ccc(Cl)cc2)c(C#N)c(N)c1C#N. The van der Waals surface area contributed by atoms with Crippen molar-refractivity contribution in [3.63, 3.8) is 0 Å². The van der Waals surface area contributed by atoms with Crippen molar-refractivity contribution in [1.82, 2.24) is 0 Å². The Bertz CT molecular complexity index is 719. The molecular formula is C15H10ClN3. The third-order valence-corrected chi connectivity index (χ3v) is 3.19. The van der Waals surface area contributed by atoms with Gasteiger partial charge >= 0.3 is 0 Å². The van der Waals surface area contributed by atoms with Crippen LogP contribution in [0.15, 0.2) is 30.3 Å². The molecule has 2 aromatic rings. The lowest BCUT2D eigenvalue weighted by Crippen LogP contribution is -2.00. The molecule has 0 aliphatic rings. The Morgan fingerprint density at radius 1 is 1.05 bits per heavy atom. The van der Waals surface area contributed by atoms with Gasteiger partial charge in [0.25, 0.3) is 0 Å². The first kappa shape index (κ1) is 13.0. The van der Waals surface area contributed by atoms with Gasteiger partial charge in [0, 0.05) is 10.6 Å². The molecule has 2 N–H and O–H groups in total. The summed E-state index contributed by atoms with van der Waals surface area (Å²) in [5, 5.41) is 18.9. The normalized spacial score (nSPS) is 9.68. The van der Waals surface area contributed by atoms with Crippen LogP contribution in [-0.2, 0) is 0 Å². The summed E-state index contributed by atoms with van der Waals surface area (Å²) in [5.41, 5.74) is 9.13. The molecule has 3 nitrogen and oxygen atoms in total. The molecule has 0 aliphatic heterocycles.